The number of nitrogens with one attached hydrogen (secondary N) is 2. The van der Waals surface area contributed by atoms with Crippen LogP contribution in [0, 0.1) is 0 Å². The van der Waals surface area contributed by atoms with Gasteiger partial charge < -0.3 is 10.1 Å². The van der Waals surface area contributed by atoms with Gasteiger partial charge in [0, 0.05) is 19.6 Å². The molecule has 1 heterocycles. The summed E-state index contributed by atoms with van der Waals surface area (Å²) in [6, 6.07) is 8.28. The first-order valence-corrected chi connectivity index (χ1v) is 8.40. The summed E-state index contributed by atoms with van der Waals surface area (Å²) in [6.45, 7) is -0.404. The van der Waals surface area contributed by atoms with Crippen molar-refractivity contribution in [1.29, 1.82) is 0 Å². The molecule has 2 N–H and O–H groups in total. The highest BCUT2D eigenvalue weighted by molar-refractivity contribution is 5.77. The van der Waals surface area contributed by atoms with Crippen molar-refractivity contribution < 1.29 is 35.9 Å². The van der Waals surface area contributed by atoms with Crippen molar-refractivity contribution in [3.05, 3.63) is 35.9 Å². The third kappa shape index (κ3) is 5.35. The standard InChI is InChI=1S/C17H20F6N2O2/c18-16(19,20)15(17(21,22)23,24-11-13-7-4-10-27-13)25-14(26)9-8-12-5-2-1-3-6-12/h1-3,5-6,13,24H,4,7-11H2,(H,25,26)/t13-/m0/s1. The minimum atomic E-state index is -5.79. The maximum absolute atomic E-state index is 13.4. The number of amides is 1. The van der Waals surface area contributed by atoms with Gasteiger partial charge in [-0.15, -0.1) is 0 Å². The fourth-order valence-electron chi connectivity index (χ4n) is 2.79. The topological polar surface area (TPSA) is 50.4 Å². The molecule has 27 heavy (non-hydrogen) atoms. The Morgan fingerprint density at radius 2 is 1.70 bits per heavy atom. The molecule has 10 heteroatoms. The minimum Gasteiger partial charge on any atom is -0.377 e. The average molecular weight is 398 g/mol. The molecule has 1 amide bonds. The Morgan fingerprint density at radius 1 is 1.07 bits per heavy atom. The van der Waals surface area contributed by atoms with Crippen molar-refractivity contribution in [3.63, 3.8) is 0 Å². The lowest BCUT2D eigenvalue weighted by molar-refractivity contribution is -0.316. The number of benzene rings is 1. The summed E-state index contributed by atoms with van der Waals surface area (Å²) in [5.74, 6) is -1.35. The molecule has 1 atom stereocenters. The maximum atomic E-state index is 13.4. The highest BCUT2D eigenvalue weighted by atomic mass is 19.4. The fourth-order valence-corrected chi connectivity index (χ4v) is 2.79. The number of aryl methyl sites for hydroxylation is 1. The molecule has 1 aliphatic rings. The van der Waals surface area contributed by atoms with E-state index < -0.39 is 43.0 Å². The molecule has 1 fully saturated rings. The van der Waals surface area contributed by atoms with Crippen LogP contribution in [0.3, 0.4) is 0 Å². The second-order valence-electron chi connectivity index (χ2n) is 6.30. The Balaban J connectivity index is 2.13. The summed E-state index contributed by atoms with van der Waals surface area (Å²) >= 11 is 0. The smallest absolute Gasteiger partial charge is 0.377 e. The van der Waals surface area contributed by atoms with Crippen molar-refractivity contribution in [3.8, 4) is 0 Å². The molecule has 4 nitrogen and oxygen atoms in total. The van der Waals surface area contributed by atoms with E-state index in [0.29, 0.717) is 18.4 Å². The molecule has 0 aromatic heterocycles. The third-order valence-corrected chi connectivity index (χ3v) is 4.28. The molecule has 1 saturated heterocycles. The maximum Gasteiger partial charge on any atom is 0.434 e. The molecule has 0 saturated carbocycles. The van der Waals surface area contributed by atoms with Crippen LogP contribution in [0.5, 0.6) is 0 Å². The van der Waals surface area contributed by atoms with Gasteiger partial charge in [-0.25, -0.2) is 0 Å². The van der Waals surface area contributed by atoms with Crippen molar-refractivity contribution in [2.75, 3.05) is 13.2 Å². The van der Waals surface area contributed by atoms with E-state index >= 15 is 0 Å². The first kappa shape index (κ1) is 21.5. The van der Waals surface area contributed by atoms with Gasteiger partial charge in [0.15, 0.2) is 0 Å². The largest absolute Gasteiger partial charge is 0.434 e. The number of hydrogen-bond acceptors (Lipinski definition) is 3. The van der Waals surface area contributed by atoms with E-state index in [1.807, 2.05) is 0 Å². The zero-order valence-corrected chi connectivity index (χ0v) is 14.3. The highest BCUT2D eigenvalue weighted by Gasteiger charge is 2.72. The van der Waals surface area contributed by atoms with Crippen LogP contribution in [-0.4, -0.2) is 43.2 Å². The first-order chi connectivity index (χ1) is 12.6. The average Bonchev–Trinajstić information content (AvgIpc) is 3.09. The summed E-state index contributed by atoms with van der Waals surface area (Å²) in [5.41, 5.74) is -3.90. The molecule has 0 spiro atoms. The van der Waals surface area contributed by atoms with Crippen LogP contribution in [0.1, 0.15) is 24.8 Å². The molecule has 0 unspecified atom stereocenters. The SMILES string of the molecule is O=C(CCc1ccccc1)NC(NC[C@@H]1CCCO1)(C(F)(F)F)C(F)(F)F. The molecular formula is C17H20F6N2O2. The van der Waals surface area contributed by atoms with Crippen LogP contribution in [0.4, 0.5) is 26.3 Å². The second-order valence-corrected chi connectivity index (χ2v) is 6.30. The van der Waals surface area contributed by atoms with Gasteiger partial charge in [-0.1, -0.05) is 30.3 Å². The van der Waals surface area contributed by atoms with Crippen LogP contribution in [0.2, 0.25) is 0 Å². The van der Waals surface area contributed by atoms with Crippen molar-refractivity contribution in [1.82, 2.24) is 10.6 Å². The van der Waals surface area contributed by atoms with Gasteiger partial charge in [0.25, 0.3) is 5.66 Å². The Kier molecular flexibility index (Phi) is 6.74. The van der Waals surface area contributed by atoms with Gasteiger partial charge in [0.1, 0.15) is 0 Å². The molecule has 152 valence electrons. The quantitative estimate of drug-likeness (QED) is 0.547. The lowest BCUT2D eigenvalue weighted by Gasteiger charge is -2.39. The molecular weight excluding hydrogens is 378 g/mol. The van der Waals surface area contributed by atoms with E-state index in [1.54, 1.807) is 30.3 Å². The zero-order valence-electron chi connectivity index (χ0n) is 14.3. The van der Waals surface area contributed by atoms with E-state index in [-0.39, 0.29) is 13.0 Å². The molecule has 1 aromatic rings. The predicted molar refractivity (Wildman–Crippen MR) is 84.7 cm³/mol. The van der Waals surface area contributed by atoms with Gasteiger partial charge in [-0.05, 0) is 24.8 Å². The number of hydrogen-bond donors (Lipinski definition) is 2. The number of ether oxygens (including phenoxy) is 1. The van der Waals surface area contributed by atoms with Gasteiger partial charge >= 0.3 is 12.4 Å². The summed E-state index contributed by atoms with van der Waals surface area (Å²) < 4.78 is 85.7. The molecule has 2 rings (SSSR count). The number of alkyl halides is 6. The Hall–Kier alpha value is -1.81. The first-order valence-electron chi connectivity index (χ1n) is 8.40. The van der Waals surface area contributed by atoms with E-state index in [1.165, 1.54) is 5.32 Å². The lowest BCUT2D eigenvalue weighted by Crippen LogP contribution is -2.76. The number of rotatable bonds is 7. The van der Waals surface area contributed by atoms with Gasteiger partial charge in [0.2, 0.25) is 5.91 Å². The molecule has 0 radical (unpaired) electrons. The van der Waals surface area contributed by atoms with Crippen molar-refractivity contribution in [2.45, 2.75) is 49.8 Å². The molecule has 1 aliphatic heterocycles. The van der Waals surface area contributed by atoms with E-state index in [9.17, 15) is 31.1 Å². The van der Waals surface area contributed by atoms with E-state index in [0.717, 1.165) is 5.32 Å². The second kappa shape index (κ2) is 8.47. The summed E-state index contributed by atoms with van der Waals surface area (Å²) in [5, 5.41) is 2.63. The van der Waals surface area contributed by atoms with Gasteiger partial charge in [-0.2, -0.15) is 26.3 Å². The van der Waals surface area contributed by atoms with Crippen LogP contribution < -0.4 is 10.6 Å². The van der Waals surface area contributed by atoms with Gasteiger partial charge in [0.05, 0.1) is 6.10 Å². The minimum absolute atomic E-state index is 0.0181. The number of carbonyl (C=O) groups is 1. The molecule has 0 bridgehead atoms. The summed E-state index contributed by atoms with van der Waals surface area (Å²) in [4.78, 5) is 11.9. The summed E-state index contributed by atoms with van der Waals surface area (Å²) in [6.07, 6.45) is -11.9. The highest BCUT2D eigenvalue weighted by Crippen LogP contribution is 2.41. The zero-order chi connectivity index (χ0) is 20.1. The van der Waals surface area contributed by atoms with Gasteiger partial charge in [-0.3, -0.25) is 10.1 Å². The Bertz CT molecular complexity index is 598. The van der Waals surface area contributed by atoms with E-state index in [2.05, 4.69) is 0 Å². The van der Waals surface area contributed by atoms with Crippen LogP contribution >= 0.6 is 0 Å². The van der Waals surface area contributed by atoms with Crippen molar-refractivity contribution >= 4 is 5.91 Å². The number of halogens is 6. The summed E-state index contributed by atoms with van der Waals surface area (Å²) in [7, 11) is 0. The normalized spacial score (nSPS) is 18.5. The molecule has 1 aromatic carbocycles. The fraction of sp³-hybridized carbons (Fsp3) is 0.588. The van der Waals surface area contributed by atoms with E-state index in [4.69, 9.17) is 4.74 Å². The monoisotopic (exact) mass is 398 g/mol. The van der Waals surface area contributed by atoms with Crippen LogP contribution in [-0.2, 0) is 16.0 Å². The lowest BCUT2D eigenvalue weighted by atomic mass is 10.1. The third-order valence-electron chi connectivity index (χ3n) is 4.28. The van der Waals surface area contributed by atoms with Crippen LogP contribution in [0.15, 0.2) is 30.3 Å². The van der Waals surface area contributed by atoms with Crippen LogP contribution in [0.25, 0.3) is 0 Å². The Morgan fingerprint density at radius 3 is 2.22 bits per heavy atom. The predicted octanol–water partition coefficient (Wildman–Crippen LogP) is 3.32. The van der Waals surface area contributed by atoms with Crippen molar-refractivity contribution in [2.24, 2.45) is 0 Å². The molecule has 0 aliphatic carbocycles. The Labute approximate surface area is 152 Å². The number of carbonyl (C=O) groups excluding carboxylic acids is 1.